The van der Waals surface area contributed by atoms with Gasteiger partial charge in [0.05, 0.1) is 18.4 Å². The zero-order chi connectivity index (χ0) is 25.8. The summed E-state index contributed by atoms with van der Waals surface area (Å²) < 4.78 is 6.35. The molecule has 0 aliphatic rings. The normalized spacial score (nSPS) is 11.9. The van der Waals surface area contributed by atoms with E-state index in [1.54, 1.807) is 36.2 Å². The smallest absolute Gasteiger partial charge is 0.263 e. The number of amides is 2. The second-order valence-electron chi connectivity index (χ2n) is 8.51. The van der Waals surface area contributed by atoms with Gasteiger partial charge in [-0.3, -0.25) is 9.59 Å². The number of benzene rings is 3. The summed E-state index contributed by atoms with van der Waals surface area (Å²) in [6.45, 7) is 4.84. The highest BCUT2D eigenvalue weighted by atomic mass is 79.9. The third-order valence-electron chi connectivity index (χ3n) is 4.99. The second kappa shape index (κ2) is 14.5. The van der Waals surface area contributed by atoms with Crippen LogP contribution < -0.4 is 15.5 Å². The SMILES string of the molecule is CC(C)COc1ccc(/C=N/NC(=O)C(CSCc2ccccc2)NC(=O)c2ccccc2Br)cc1. The molecule has 2 N–H and O–H groups in total. The molecule has 1 unspecified atom stereocenters. The van der Waals surface area contributed by atoms with Gasteiger partial charge >= 0.3 is 0 Å². The van der Waals surface area contributed by atoms with Gasteiger partial charge in [-0.05, 0) is 69.4 Å². The Morgan fingerprint density at radius 3 is 2.39 bits per heavy atom. The van der Waals surface area contributed by atoms with Crippen molar-refractivity contribution in [2.24, 2.45) is 11.0 Å². The molecule has 8 heteroatoms. The van der Waals surface area contributed by atoms with Gasteiger partial charge in [-0.15, -0.1) is 0 Å². The van der Waals surface area contributed by atoms with Gasteiger partial charge in [-0.2, -0.15) is 16.9 Å². The number of rotatable bonds is 12. The van der Waals surface area contributed by atoms with Crippen molar-refractivity contribution < 1.29 is 14.3 Å². The van der Waals surface area contributed by atoms with Crippen molar-refractivity contribution in [2.45, 2.75) is 25.6 Å². The van der Waals surface area contributed by atoms with E-state index in [2.05, 4.69) is 45.6 Å². The third-order valence-corrected chi connectivity index (χ3v) is 6.79. The zero-order valence-corrected chi connectivity index (χ0v) is 22.7. The molecule has 0 aliphatic carbocycles. The highest BCUT2D eigenvalue weighted by Crippen LogP contribution is 2.17. The highest BCUT2D eigenvalue weighted by molar-refractivity contribution is 9.10. The highest BCUT2D eigenvalue weighted by Gasteiger charge is 2.22. The van der Waals surface area contributed by atoms with Crippen molar-refractivity contribution in [3.05, 3.63) is 100 Å². The summed E-state index contributed by atoms with van der Waals surface area (Å²) in [5.41, 5.74) is 5.00. The Bertz CT molecular complexity index is 1150. The molecular formula is C28H30BrN3O3S. The monoisotopic (exact) mass is 567 g/mol. The summed E-state index contributed by atoms with van der Waals surface area (Å²) >= 11 is 4.97. The van der Waals surface area contributed by atoms with E-state index in [0.717, 1.165) is 22.6 Å². The van der Waals surface area contributed by atoms with Gasteiger partial charge in [0, 0.05) is 16.0 Å². The molecule has 0 heterocycles. The lowest BCUT2D eigenvalue weighted by molar-refractivity contribution is -0.122. The van der Waals surface area contributed by atoms with Crippen LogP contribution in [-0.4, -0.2) is 36.4 Å². The van der Waals surface area contributed by atoms with E-state index in [9.17, 15) is 9.59 Å². The molecule has 3 aromatic rings. The Balaban J connectivity index is 1.61. The number of nitrogens with zero attached hydrogens (tertiary/aromatic N) is 1. The average Bonchev–Trinajstić information content (AvgIpc) is 2.88. The van der Waals surface area contributed by atoms with E-state index in [4.69, 9.17) is 4.74 Å². The average molecular weight is 569 g/mol. The topological polar surface area (TPSA) is 79.8 Å². The van der Waals surface area contributed by atoms with Crippen LogP contribution in [0.5, 0.6) is 5.75 Å². The fourth-order valence-electron chi connectivity index (χ4n) is 3.09. The zero-order valence-electron chi connectivity index (χ0n) is 20.3. The minimum absolute atomic E-state index is 0.330. The van der Waals surface area contributed by atoms with Crippen LogP contribution in [0.2, 0.25) is 0 Å². The summed E-state index contributed by atoms with van der Waals surface area (Å²) in [6.07, 6.45) is 1.56. The molecule has 188 valence electrons. The van der Waals surface area contributed by atoms with E-state index >= 15 is 0 Å². The number of carbonyl (C=O) groups excluding carboxylic acids is 2. The molecule has 6 nitrogen and oxygen atoms in total. The van der Waals surface area contributed by atoms with E-state index in [0.29, 0.717) is 28.3 Å². The number of hydrogen-bond donors (Lipinski definition) is 2. The number of carbonyl (C=O) groups is 2. The Hall–Kier alpha value is -3.10. The van der Waals surface area contributed by atoms with Crippen molar-refractivity contribution >= 4 is 45.7 Å². The third kappa shape index (κ3) is 9.17. The molecule has 36 heavy (non-hydrogen) atoms. The molecule has 0 fully saturated rings. The summed E-state index contributed by atoms with van der Waals surface area (Å²) in [5.74, 6) is 1.64. The second-order valence-corrected chi connectivity index (χ2v) is 10.4. The quantitative estimate of drug-likeness (QED) is 0.218. The van der Waals surface area contributed by atoms with E-state index in [1.807, 2.05) is 60.7 Å². The molecular weight excluding hydrogens is 538 g/mol. The van der Waals surface area contributed by atoms with Gasteiger partial charge in [0.15, 0.2) is 0 Å². The predicted molar refractivity (Wildman–Crippen MR) is 151 cm³/mol. The molecule has 0 saturated heterocycles. The molecule has 3 aromatic carbocycles. The Morgan fingerprint density at radius 2 is 1.69 bits per heavy atom. The maximum Gasteiger partial charge on any atom is 0.263 e. The molecule has 1 atom stereocenters. The summed E-state index contributed by atoms with van der Waals surface area (Å²) in [4.78, 5) is 25.8. The predicted octanol–water partition coefficient (Wildman–Crippen LogP) is 5.67. The Kier molecular flexibility index (Phi) is 11.0. The van der Waals surface area contributed by atoms with Crippen LogP contribution in [0.15, 0.2) is 88.4 Å². The number of nitrogens with one attached hydrogen (secondary N) is 2. The lowest BCUT2D eigenvalue weighted by atomic mass is 10.2. The van der Waals surface area contributed by atoms with Crippen molar-refractivity contribution in [3.63, 3.8) is 0 Å². The van der Waals surface area contributed by atoms with Gasteiger partial charge < -0.3 is 10.1 Å². The van der Waals surface area contributed by atoms with Crippen LogP contribution in [0.3, 0.4) is 0 Å². The molecule has 2 amide bonds. The minimum Gasteiger partial charge on any atom is -0.493 e. The van der Waals surface area contributed by atoms with Gasteiger partial charge in [-0.25, -0.2) is 5.43 Å². The van der Waals surface area contributed by atoms with Crippen LogP contribution in [0.25, 0.3) is 0 Å². The number of hydrazone groups is 1. The molecule has 0 aliphatic heterocycles. The lowest BCUT2D eigenvalue weighted by Crippen LogP contribution is -2.47. The standard InChI is InChI=1S/C28H30BrN3O3S/c1-20(2)17-35-23-14-12-21(13-15-23)16-30-32-28(34)26(19-36-18-22-8-4-3-5-9-22)31-27(33)24-10-6-7-11-25(24)29/h3-16,20,26H,17-19H2,1-2H3,(H,31,33)(H,32,34)/b30-16+. The van der Waals surface area contributed by atoms with Gasteiger partial charge in [-0.1, -0.05) is 56.3 Å². The first-order chi connectivity index (χ1) is 17.4. The van der Waals surface area contributed by atoms with Crippen molar-refractivity contribution in [1.29, 1.82) is 0 Å². The van der Waals surface area contributed by atoms with Crippen molar-refractivity contribution in [2.75, 3.05) is 12.4 Å². The largest absolute Gasteiger partial charge is 0.493 e. The number of ether oxygens (including phenoxy) is 1. The van der Waals surface area contributed by atoms with Crippen LogP contribution in [0, 0.1) is 5.92 Å². The summed E-state index contributed by atoms with van der Waals surface area (Å²) in [5, 5.41) is 6.94. The Labute approximate surface area is 225 Å². The van der Waals surface area contributed by atoms with Crippen molar-refractivity contribution in [1.82, 2.24) is 10.7 Å². The van der Waals surface area contributed by atoms with E-state index < -0.39 is 6.04 Å². The molecule has 0 radical (unpaired) electrons. The lowest BCUT2D eigenvalue weighted by Gasteiger charge is -2.17. The van der Waals surface area contributed by atoms with Crippen LogP contribution in [0.4, 0.5) is 0 Å². The maximum atomic E-state index is 12.9. The van der Waals surface area contributed by atoms with E-state index in [-0.39, 0.29) is 11.8 Å². The fraction of sp³-hybridized carbons (Fsp3) is 0.250. The van der Waals surface area contributed by atoms with Crippen LogP contribution in [-0.2, 0) is 10.5 Å². The first-order valence-electron chi connectivity index (χ1n) is 11.6. The number of thioether (sulfide) groups is 1. The van der Waals surface area contributed by atoms with Crippen molar-refractivity contribution in [3.8, 4) is 5.75 Å². The summed E-state index contributed by atoms with van der Waals surface area (Å²) in [6, 6.07) is 23.8. The van der Waals surface area contributed by atoms with Crippen LogP contribution >= 0.6 is 27.7 Å². The van der Waals surface area contributed by atoms with Crippen LogP contribution in [0.1, 0.15) is 35.3 Å². The van der Waals surface area contributed by atoms with Gasteiger partial charge in [0.2, 0.25) is 0 Å². The molecule has 0 saturated carbocycles. The van der Waals surface area contributed by atoms with E-state index in [1.165, 1.54) is 0 Å². The van der Waals surface area contributed by atoms with Gasteiger partial charge in [0.1, 0.15) is 11.8 Å². The molecule has 3 rings (SSSR count). The number of halogens is 1. The molecule has 0 spiro atoms. The summed E-state index contributed by atoms with van der Waals surface area (Å²) in [7, 11) is 0. The fourth-order valence-corrected chi connectivity index (χ4v) is 4.58. The maximum absolute atomic E-state index is 12.9. The van der Waals surface area contributed by atoms with Gasteiger partial charge in [0.25, 0.3) is 11.8 Å². The first-order valence-corrected chi connectivity index (χ1v) is 13.6. The number of hydrogen-bond acceptors (Lipinski definition) is 5. The minimum atomic E-state index is -0.762. The first kappa shape index (κ1) is 27.5. The molecule has 0 aromatic heterocycles. The molecule has 0 bridgehead atoms. The Morgan fingerprint density at radius 1 is 1.00 bits per heavy atom.